The minimum absolute atomic E-state index is 0.0741. The molecule has 1 saturated heterocycles. The number of nitrogen functional groups attached to an aromatic ring is 1. The second-order valence-corrected chi connectivity index (χ2v) is 6.54. The number of aromatic nitrogens is 3. The van der Waals surface area contributed by atoms with Crippen LogP contribution in [0.4, 0.5) is 24.8 Å². The van der Waals surface area contributed by atoms with E-state index < -0.39 is 6.36 Å². The minimum Gasteiger partial charge on any atom is -0.406 e. The van der Waals surface area contributed by atoms with Crippen molar-refractivity contribution in [2.75, 3.05) is 24.3 Å². The summed E-state index contributed by atoms with van der Waals surface area (Å²) >= 11 is 0. The molecule has 3 aromatic rings. The number of nitrogens with one attached hydrogen (secondary N) is 1. The van der Waals surface area contributed by atoms with Crippen LogP contribution in [0, 0.1) is 0 Å². The Morgan fingerprint density at radius 3 is 2.45 bits per heavy atom. The quantitative estimate of drug-likeness (QED) is 0.631. The van der Waals surface area contributed by atoms with Crippen molar-refractivity contribution >= 4 is 11.6 Å². The predicted octanol–water partition coefficient (Wildman–Crippen LogP) is 3.62. The van der Waals surface area contributed by atoms with Gasteiger partial charge in [0, 0.05) is 17.9 Å². The maximum absolute atomic E-state index is 12.4. The Balaban J connectivity index is 1.67. The fourth-order valence-corrected chi connectivity index (χ4v) is 2.96. The molecule has 1 aliphatic rings. The van der Waals surface area contributed by atoms with Gasteiger partial charge in [-0.25, -0.2) is 0 Å². The summed E-state index contributed by atoms with van der Waals surface area (Å²) in [5.74, 6) is 0.623. The summed E-state index contributed by atoms with van der Waals surface area (Å²) in [7, 11) is 0. The number of ether oxygens (including phenoxy) is 2. The van der Waals surface area contributed by atoms with Crippen LogP contribution in [0.2, 0.25) is 0 Å². The number of hydrogen-bond acceptors (Lipinski definition) is 6. The van der Waals surface area contributed by atoms with Gasteiger partial charge in [0.2, 0.25) is 5.95 Å². The van der Waals surface area contributed by atoms with E-state index in [4.69, 9.17) is 10.5 Å². The lowest BCUT2D eigenvalue weighted by molar-refractivity contribution is -0.274. The molecule has 29 heavy (non-hydrogen) atoms. The van der Waals surface area contributed by atoms with Crippen LogP contribution in [-0.4, -0.2) is 40.4 Å². The first-order valence-electron chi connectivity index (χ1n) is 8.91. The molecule has 2 heterocycles. The molecule has 10 heteroatoms. The third-order valence-corrected chi connectivity index (χ3v) is 4.35. The summed E-state index contributed by atoms with van der Waals surface area (Å²) in [4.78, 5) is 4.56. The molecule has 0 aliphatic carbocycles. The van der Waals surface area contributed by atoms with Crippen molar-refractivity contribution in [3.63, 3.8) is 0 Å². The second-order valence-electron chi connectivity index (χ2n) is 6.54. The number of rotatable bonds is 5. The third-order valence-electron chi connectivity index (χ3n) is 4.35. The molecule has 152 valence electrons. The van der Waals surface area contributed by atoms with Crippen LogP contribution in [0.5, 0.6) is 5.75 Å². The van der Waals surface area contributed by atoms with Crippen LogP contribution in [0.15, 0.2) is 48.5 Å². The number of hydrogen-bond donors (Lipinski definition) is 2. The highest BCUT2D eigenvalue weighted by Gasteiger charge is 2.31. The topological polar surface area (TPSA) is 87.2 Å². The van der Waals surface area contributed by atoms with E-state index in [2.05, 4.69) is 20.1 Å². The molecule has 0 bridgehead atoms. The summed E-state index contributed by atoms with van der Waals surface area (Å²) in [6.07, 6.45) is -3.92. The number of alkyl halides is 3. The Kier molecular flexibility index (Phi) is 5.01. The zero-order valence-corrected chi connectivity index (χ0v) is 15.2. The summed E-state index contributed by atoms with van der Waals surface area (Å²) in [5, 5.41) is 7.82. The van der Waals surface area contributed by atoms with E-state index in [1.54, 1.807) is 28.9 Å². The molecule has 3 N–H and O–H groups in total. The highest BCUT2D eigenvalue weighted by Crippen LogP contribution is 2.26. The van der Waals surface area contributed by atoms with Gasteiger partial charge in [-0.1, -0.05) is 0 Å². The van der Waals surface area contributed by atoms with Crippen LogP contribution in [0.25, 0.3) is 17.1 Å². The fraction of sp³-hybridized carbons (Fsp3) is 0.263. The molecule has 4 rings (SSSR count). The first-order valence-corrected chi connectivity index (χ1v) is 8.91. The molecule has 1 fully saturated rings. The maximum Gasteiger partial charge on any atom is 0.573 e. The van der Waals surface area contributed by atoms with Crippen molar-refractivity contribution in [2.24, 2.45) is 0 Å². The third kappa shape index (κ3) is 4.60. The average molecular weight is 405 g/mol. The van der Waals surface area contributed by atoms with Crippen molar-refractivity contribution in [1.82, 2.24) is 14.8 Å². The molecule has 1 atom stereocenters. The molecule has 0 spiro atoms. The summed E-state index contributed by atoms with van der Waals surface area (Å²) in [5.41, 5.74) is 7.66. The lowest BCUT2D eigenvalue weighted by atomic mass is 10.2. The SMILES string of the molecule is Nc1ccc(-c2nc(NC3CCOC3)n(-c3ccc(OC(F)(F)F)cc3)n2)cc1. The summed E-state index contributed by atoms with van der Waals surface area (Å²) < 4.78 is 48.0. The van der Waals surface area contributed by atoms with Gasteiger partial charge in [-0.3, -0.25) is 0 Å². The second kappa shape index (κ2) is 7.63. The monoisotopic (exact) mass is 405 g/mol. The Labute approximate surface area is 164 Å². The van der Waals surface area contributed by atoms with Gasteiger partial charge in [0.1, 0.15) is 5.75 Å². The predicted molar refractivity (Wildman–Crippen MR) is 101 cm³/mol. The fourth-order valence-electron chi connectivity index (χ4n) is 2.96. The molecule has 2 aromatic carbocycles. The normalized spacial score (nSPS) is 16.7. The molecule has 0 saturated carbocycles. The van der Waals surface area contributed by atoms with Crippen LogP contribution in [0.3, 0.4) is 0 Å². The molecule has 7 nitrogen and oxygen atoms in total. The van der Waals surface area contributed by atoms with Gasteiger partial charge >= 0.3 is 6.36 Å². The van der Waals surface area contributed by atoms with E-state index in [0.717, 1.165) is 12.0 Å². The standard InChI is InChI=1S/C19H18F3N5O2/c20-19(21,22)29-16-7-5-15(6-8-16)27-18(24-14-9-10-28-11-14)25-17(26-27)12-1-3-13(23)4-2-12/h1-8,14H,9-11,23H2,(H,24,25,26). The van der Waals surface area contributed by atoms with Crippen molar-refractivity contribution in [3.05, 3.63) is 48.5 Å². The maximum atomic E-state index is 12.4. The first kappa shape index (κ1) is 19.1. The smallest absolute Gasteiger partial charge is 0.406 e. The minimum atomic E-state index is -4.74. The van der Waals surface area contributed by atoms with Gasteiger partial charge in [0.25, 0.3) is 0 Å². The highest BCUT2D eigenvalue weighted by molar-refractivity contribution is 5.60. The summed E-state index contributed by atoms with van der Waals surface area (Å²) in [6.45, 7) is 1.20. The van der Waals surface area contributed by atoms with Crippen LogP contribution >= 0.6 is 0 Å². The lowest BCUT2D eigenvalue weighted by Crippen LogP contribution is -2.21. The van der Waals surface area contributed by atoms with Crippen molar-refractivity contribution < 1.29 is 22.6 Å². The van der Waals surface area contributed by atoms with Gasteiger partial charge in [0.15, 0.2) is 5.82 Å². The lowest BCUT2D eigenvalue weighted by Gasteiger charge is -2.13. The van der Waals surface area contributed by atoms with E-state index in [9.17, 15) is 13.2 Å². The number of halogens is 3. The van der Waals surface area contributed by atoms with E-state index in [-0.39, 0.29) is 11.8 Å². The van der Waals surface area contributed by atoms with Gasteiger partial charge in [-0.2, -0.15) is 9.67 Å². The van der Waals surface area contributed by atoms with Crippen LogP contribution < -0.4 is 15.8 Å². The van der Waals surface area contributed by atoms with Crippen LogP contribution in [0.1, 0.15) is 6.42 Å². The van der Waals surface area contributed by atoms with Crippen molar-refractivity contribution in [3.8, 4) is 22.8 Å². The number of nitrogens with two attached hydrogens (primary N) is 1. The van der Waals surface area contributed by atoms with E-state index in [1.165, 1.54) is 24.3 Å². The molecule has 0 amide bonds. The molecule has 1 unspecified atom stereocenters. The average Bonchev–Trinajstić information content (AvgIpc) is 3.32. The zero-order chi connectivity index (χ0) is 20.4. The van der Waals surface area contributed by atoms with Crippen LogP contribution in [-0.2, 0) is 4.74 Å². The highest BCUT2D eigenvalue weighted by atomic mass is 19.4. The van der Waals surface area contributed by atoms with Gasteiger partial charge in [-0.05, 0) is 55.0 Å². The summed E-state index contributed by atoms with van der Waals surface area (Å²) in [6, 6.07) is 12.6. The largest absolute Gasteiger partial charge is 0.573 e. The Hall–Kier alpha value is -3.27. The van der Waals surface area contributed by atoms with Crippen molar-refractivity contribution in [1.29, 1.82) is 0 Å². The molecule has 1 aliphatic heterocycles. The molecular weight excluding hydrogens is 387 g/mol. The molecule has 1 aromatic heterocycles. The van der Waals surface area contributed by atoms with E-state index >= 15 is 0 Å². The zero-order valence-electron chi connectivity index (χ0n) is 15.2. The van der Waals surface area contributed by atoms with E-state index in [0.29, 0.717) is 36.4 Å². The number of benzene rings is 2. The first-order chi connectivity index (χ1) is 13.9. The molecular formula is C19H18F3N5O2. The van der Waals surface area contributed by atoms with Gasteiger partial charge < -0.3 is 20.5 Å². The number of anilines is 2. The van der Waals surface area contributed by atoms with E-state index in [1.807, 2.05) is 0 Å². The van der Waals surface area contributed by atoms with Gasteiger partial charge in [0.05, 0.1) is 18.3 Å². The van der Waals surface area contributed by atoms with Crippen molar-refractivity contribution in [2.45, 2.75) is 18.8 Å². The Bertz CT molecular complexity index is 965. The molecule has 0 radical (unpaired) electrons. The van der Waals surface area contributed by atoms with Gasteiger partial charge in [-0.15, -0.1) is 18.3 Å². The Morgan fingerprint density at radius 1 is 1.10 bits per heavy atom. The Morgan fingerprint density at radius 2 is 1.83 bits per heavy atom. The number of nitrogens with zero attached hydrogens (tertiary/aromatic N) is 3.